The Kier molecular flexibility index (Phi) is 3.39. The summed E-state index contributed by atoms with van der Waals surface area (Å²) in [6, 6.07) is 9.16. The lowest BCUT2D eigenvalue weighted by Gasteiger charge is -2.09. The first-order chi connectivity index (χ1) is 9.72. The van der Waals surface area contributed by atoms with Crippen LogP contribution in [-0.2, 0) is 4.79 Å². The summed E-state index contributed by atoms with van der Waals surface area (Å²) in [6.45, 7) is 0. The second-order valence-corrected chi connectivity index (χ2v) is 5.22. The van der Waals surface area contributed by atoms with E-state index in [0.29, 0.717) is 17.3 Å². The normalized spacial score (nSPS) is 14.2. The van der Waals surface area contributed by atoms with E-state index in [1.165, 1.54) is 17.8 Å². The van der Waals surface area contributed by atoms with Crippen molar-refractivity contribution >= 4 is 39.5 Å². The van der Waals surface area contributed by atoms with Crippen molar-refractivity contribution in [1.29, 1.82) is 0 Å². The molecular formula is C14H11N3O2S. The Labute approximate surface area is 119 Å². The van der Waals surface area contributed by atoms with Crippen LogP contribution >= 0.6 is 11.8 Å². The maximum Gasteiger partial charge on any atom is 0.324 e. The highest BCUT2D eigenvalue weighted by atomic mass is 32.2. The average molecular weight is 285 g/mol. The fraction of sp³-hybridized carbons (Fsp3) is 0.0714. The van der Waals surface area contributed by atoms with Gasteiger partial charge in [0, 0.05) is 29.1 Å². The van der Waals surface area contributed by atoms with Gasteiger partial charge in [0.2, 0.25) is 5.12 Å². The monoisotopic (exact) mass is 285 g/mol. The van der Waals surface area contributed by atoms with Gasteiger partial charge < -0.3 is 5.32 Å². The number of thioether (sulfide) groups is 1. The third-order valence-electron chi connectivity index (χ3n) is 2.84. The summed E-state index contributed by atoms with van der Waals surface area (Å²) in [5.74, 6) is 0.994. The third-order valence-corrected chi connectivity index (χ3v) is 3.70. The summed E-state index contributed by atoms with van der Waals surface area (Å²) in [5.41, 5.74) is 0.609. The molecule has 1 aliphatic rings. The van der Waals surface area contributed by atoms with Crippen LogP contribution in [0.25, 0.3) is 10.8 Å². The van der Waals surface area contributed by atoms with Crippen LogP contribution in [-0.4, -0.2) is 21.9 Å². The lowest BCUT2D eigenvalue weighted by molar-refractivity contribution is -0.106. The van der Waals surface area contributed by atoms with Crippen molar-refractivity contribution < 1.29 is 9.59 Å². The Hall–Kier alpha value is -2.34. The molecule has 0 aliphatic carbocycles. The summed E-state index contributed by atoms with van der Waals surface area (Å²) in [4.78, 5) is 27.1. The molecule has 0 spiro atoms. The lowest BCUT2D eigenvalue weighted by atomic mass is 10.1. The van der Waals surface area contributed by atoms with Crippen LogP contribution in [0, 0.1) is 0 Å². The number of pyridine rings is 1. The van der Waals surface area contributed by atoms with E-state index in [4.69, 9.17) is 0 Å². The van der Waals surface area contributed by atoms with Gasteiger partial charge in [-0.3, -0.25) is 10.1 Å². The number of fused-ring (bicyclic) bond motifs is 1. The predicted octanol–water partition coefficient (Wildman–Crippen LogP) is 2.51. The number of aromatic nitrogens is 1. The summed E-state index contributed by atoms with van der Waals surface area (Å²) in [6.07, 6.45) is 3.08. The van der Waals surface area contributed by atoms with E-state index in [2.05, 4.69) is 15.6 Å². The fourth-order valence-corrected chi connectivity index (χ4v) is 2.63. The Morgan fingerprint density at radius 3 is 2.85 bits per heavy atom. The van der Waals surface area contributed by atoms with Gasteiger partial charge in [0.15, 0.2) is 0 Å². The number of hydrogen-bond donors (Lipinski definition) is 2. The van der Waals surface area contributed by atoms with E-state index in [-0.39, 0.29) is 5.12 Å². The molecular weight excluding hydrogens is 274 g/mol. The zero-order chi connectivity index (χ0) is 13.9. The SMILES string of the molecule is O=C(NC1=CC(=O)SC1)Nc1nccc2ccccc12. The van der Waals surface area contributed by atoms with Gasteiger partial charge in [0.1, 0.15) is 5.82 Å². The first-order valence-electron chi connectivity index (χ1n) is 6.01. The molecule has 0 radical (unpaired) electrons. The first-order valence-corrected chi connectivity index (χ1v) is 7.00. The molecule has 0 atom stereocenters. The zero-order valence-corrected chi connectivity index (χ0v) is 11.2. The maximum atomic E-state index is 11.9. The Morgan fingerprint density at radius 2 is 2.05 bits per heavy atom. The molecule has 0 saturated heterocycles. The van der Waals surface area contributed by atoms with Crippen molar-refractivity contribution in [2.75, 3.05) is 11.1 Å². The lowest BCUT2D eigenvalue weighted by Crippen LogP contribution is -2.28. The second kappa shape index (κ2) is 5.34. The second-order valence-electron chi connectivity index (χ2n) is 4.24. The number of urea groups is 1. The minimum Gasteiger partial charge on any atom is -0.310 e. The number of nitrogens with zero attached hydrogens (tertiary/aromatic N) is 1. The molecule has 0 unspecified atom stereocenters. The number of anilines is 1. The van der Waals surface area contributed by atoms with E-state index in [1.807, 2.05) is 30.3 Å². The first kappa shape index (κ1) is 12.7. The van der Waals surface area contributed by atoms with Crippen molar-refractivity contribution in [2.45, 2.75) is 0 Å². The Balaban J connectivity index is 1.78. The van der Waals surface area contributed by atoms with Crippen molar-refractivity contribution in [1.82, 2.24) is 10.3 Å². The van der Waals surface area contributed by atoms with Gasteiger partial charge in [0.25, 0.3) is 0 Å². The molecule has 1 aliphatic heterocycles. The molecule has 2 aromatic rings. The molecule has 1 aromatic heterocycles. The van der Waals surface area contributed by atoms with Gasteiger partial charge in [0.05, 0.1) is 0 Å². The standard InChI is InChI=1S/C14H11N3O2S/c18-12-7-10(8-20-12)16-14(19)17-13-11-4-2-1-3-9(11)5-6-15-13/h1-7H,8H2,(H2,15,16,17,19). The Bertz CT molecular complexity index is 722. The molecule has 0 fully saturated rings. The van der Waals surface area contributed by atoms with Crippen LogP contribution < -0.4 is 10.6 Å². The van der Waals surface area contributed by atoms with Gasteiger partial charge >= 0.3 is 6.03 Å². The van der Waals surface area contributed by atoms with Crippen LogP contribution in [0.2, 0.25) is 0 Å². The highest BCUT2D eigenvalue weighted by molar-refractivity contribution is 8.14. The summed E-state index contributed by atoms with van der Waals surface area (Å²) < 4.78 is 0. The predicted molar refractivity (Wildman–Crippen MR) is 79.4 cm³/mol. The topological polar surface area (TPSA) is 71.1 Å². The molecule has 1 aromatic carbocycles. The Morgan fingerprint density at radius 1 is 1.20 bits per heavy atom. The number of rotatable bonds is 2. The number of carbonyl (C=O) groups is 2. The largest absolute Gasteiger partial charge is 0.324 e. The van der Waals surface area contributed by atoms with Gasteiger partial charge in [-0.05, 0) is 11.5 Å². The quantitative estimate of drug-likeness (QED) is 0.889. The van der Waals surface area contributed by atoms with E-state index < -0.39 is 6.03 Å². The number of benzene rings is 1. The third kappa shape index (κ3) is 2.65. The number of amides is 2. The van der Waals surface area contributed by atoms with Crippen molar-refractivity contribution in [3.05, 3.63) is 48.3 Å². The van der Waals surface area contributed by atoms with E-state index in [0.717, 1.165) is 10.8 Å². The van der Waals surface area contributed by atoms with E-state index in [1.54, 1.807) is 6.20 Å². The minimum absolute atomic E-state index is 0.0383. The van der Waals surface area contributed by atoms with Gasteiger partial charge in [-0.25, -0.2) is 9.78 Å². The van der Waals surface area contributed by atoms with Gasteiger partial charge in [-0.2, -0.15) is 0 Å². The molecule has 2 amide bonds. The van der Waals surface area contributed by atoms with E-state index >= 15 is 0 Å². The van der Waals surface area contributed by atoms with Crippen LogP contribution in [0.4, 0.5) is 10.6 Å². The van der Waals surface area contributed by atoms with E-state index in [9.17, 15) is 9.59 Å². The summed E-state index contributed by atoms with van der Waals surface area (Å²) in [5, 5.41) is 7.19. The van der Waals surface area contributed by atoms with Crippen molar-refractivity contribution in [3.8, 4) is 0 Å². The fourth-order valence-electron chi connectivity index (χ4n) is 1.95. The van der Waals surface area contributed by atoms with Gasteiger partial charge in [-0.15, -0.1) is 0 Å². The molecule has 100 valence electrons. The molecule has 5 nitrogen and oxygen atoms in total. The van der Waals surface area contributed by atoms with Crippen molar-refractivity contribution in [2.24, 2.45) is 0 Å². The molecule has 3 rings (SSSR count). The van der Waals surface area contributed by atoms with Crippen LogP contribution in [0.1, 0.15) is 0 Å². The number of hydrogen-bond acceptors (Lipinski definition) is 4. The molecule has 2 N–H and O–H groups in total. The zero-order valence-electron chi connectivity index (χ0n) is 10.4. The van der Waals surface area contributed by atoms with Crippen molar-refractivity contribution in [3.63, 3.8) is 0 Å². The average Bonchev–Trinajstić information content (AvgIpc) is 2.84. The number of carbonyl (C=O) groups excluding carboxylic acids is 2. The molecule has 6 heteroatoms. The highest BCUT2D eigenvalue weighted by Crippen LogP contribution is 2.21. The molecule has 0 saturated carbocycles. The van der Waals surface area contributed by atoms with Gasteiger partial charge in [-0.1, -0.05) is 36.0 Å². The summed E-state index contributed by atoms with van der Waals surface area (Å²) >= 11 is 1.17. The molecule has 0 bridgehead atoms. The highest BCUT2D eigenvalue weighted by Gasteiger charge is 2.15. The van der Waals surface area contributed by atoms with Crippen LogP contribution in [0.15, 0.2) is 48.3 Å². The molecule has 2 heterocycles. The van der Waals surface area contributed by atoms with Crippen LogP contribution in [0.5, 0.6) is 0 Å². The maximum absolute atomic E-state index is 11.9. The molecule has 20 heavy (non-hydrogen) atoms. The summed E-state index contributed by atoms with van der Waals surface area (Å²) in [7, 11) is 0. The van der Waals surface area contributed by atoms with Crippen LogP contribution in [0.3, 0.4) is 0 Å². The number of nitrogens with one attached hydrogen (secondary N) is 2. The minimum atomic E-state index is -0.393. The smallest absolute Gasteiger partial charge is 0.310 e.